The summed E-state index contributed by atoms with van der Waals surface area (Å²) in [6.45, 7) is 4.48. The first-order valence-corrected chi connectivity index (χ1v) is 9.73. The van der Waals surface area contributed by atoms with Crippen LogP contribution in [0.5, 0.6) is 0 Å². The fraction of sp³-hybridized carbons (Fsp3) is 0.286. The van der Waals surface area contributed by atoms with E-state index >= 15 is 0 Å². The molecule has 1 atom stereocenters. The number of pyridine rings is 1. The van der Waals surface area contributed by atoms with E-state index < -0.39 is 0 Å². The van der Waals surface area contributed by atoms with Gasteiger partial charge in [-0.2, -0.15) is 0 Å². The number of nitrogens with zero attached hydrogens (tertiary/aromatic N) is 4. The minimum absolute atomic E-state index is 0.0733. The Kier molecular flexibility index (Phi) is 5.05. The molecule has 0 bridgehead atoms. The van der Waals surface area contributed by atoms with E-state index in [-0.39, 0.29) is 18.5 Å². The van der Waals surface area contributed by atoms with Gasteiger partial charge in [-0.25, -0.2) is 0 Å². The van der Waals surface area contributed by atoms with Crippen molar-refractivity contribution in [3.8, 4) is 0 Å². The molecule has 1 N–H and O–H groups in total. The lowest BCUT2D eigenvalue weighted by molar-refractivity contribution is -0.122. The van der Waals surface area contributed by atoms with Crippen LogP contribution >= 0.6 is 11.6 Å². The average molecular weight is 396 g/mol. The Hall–Kier alpha value is -2.86. The van der Waals surface area contributed by atoms with Gasteiger partial charge in [0.1, 0.15) is 6.54 Å². The van der Waals surface area contributed by atoms with Gasteiger partial charge < -0.3 is 9.88 Å². The van der Waals surface area contributed by atoms with Crippen molar-refractivity contribution in [1.82, 2.24) is 24.5 Å². The van der Waals surface area contributed by atoms with E-state index in [1.807, 2.05) is 63.8 Å². The van der Waals surface area contributed by atoms with Gasteiger partial charge in [-0.05, 0) is 42.7 Å². The number of carbonyl (C=O) groups is 1. The fourth-order valence-corrected chi connectivity index (χ4v) is 3.75. The highest BCUT2D eigenvalue weighted by Gasteiger charge is 2.22. The third kappa shape index (κ3) is 3.60. The summed E-state index contributed by atoms with van der Waals surface area (Å²) in [5, 5.41) is 13.3. The van der Waals surface area contributed by atoms with Gasteiger partial charge in [0.15, 0.2) is 11.5 Å². The zero-order chi connectivity index (χ0) is 19.7. The Balaban J connectivity index is 1.58. The van der Waals surface area contributed by atoms with Crippen LogP contribution in [0.3, 0.4) is 0 Å². The molecule has 0 aliphatic carbocycles. The summed E-state index contributed by atoms with van der Waals surface area (Å²) in [5.74, 6) is 1.07. The smallest absolute Gasteiger partial charge is 0.240 e. The van der Waals surface area contributed by atoms with Gasteiger partial charge in [-0.3, -0.25) is 9.20 Å². The highest BCUT2D eigenvalue weighted by atomic mass is 35.5. The van der Waals surface area contributed by atoms with Crippen LogP contribution in [0.1, 0.15) is 32.1 Å². The molecule has 4 rings (SSSR count). The van der Waals surface area contributed by atoms with Crippen molar-refractivity contribution < 1.29 is 4.79 Å². The molecule has 4 aromatic rings. The average Bonchev–Trinajstić information content (AvgIpc) is 3.26. The molecule has 0 spiro atoms. The number of aromatic nitrogens is 4. The molecular formula is C21H22ClN5O. The fourth-order valence-electron chi connectivity index (χ4n) is 3.52. The van der Waals surface area contributed by atoms with E-state index in [9.17, 15) is 4.79 Å². The van der Waals surface area contributed by atoms with Gasteiger partial charge in [0.25, 0.3) is 0 Å². The largest absolute Gasteiger partial charge is 0.344 e. The second kappa shape index (κ2) is 7.64. The van der Waals surface area contributed by atoms with Crippen LogP contribution in [0.15, 0.2) is 54.9 Å². The summed E-state index contributed by atoms with van der Waals surface area (Å²) < 4.78 is 3.84. The maximum Gasteiger partial charge on any atom is 0.240 e. The summed E-state index contributed by atoms with van der Waals surface area (Å²) in [4.78, 5) is 12.8. The molecule has 0 radical (unpaired) electrons. The minimum atomic E-state index is -0.213. The van der Waals surface area contributed by atoms with Gasteiger partial charge in [-0.15, -0.1) is 10.2 Å². The summed E-state index contributed by atoms with van der Waals surface area (Å²) in [6, 6.07) is 13.2. The molecule has 0 aliphatic heterocycles. The van der Waals surface area contributed by atoms with E-state index in [4.69, 9.17) is 11.6 Å². The molecule has 144 valence electrons. The van der Waals surface area contributed by atoms with Crippen LogP contribution in [0.25, 0.3) is 16.6 Å². The third-order valence-corrected chi connectivity index (χ3v) is 5.10. The number of benzene rings is 1. The number of nitrogens with one attached hydrogen (secondary N) is 1. The normalized spacial score (nSPS) is 12.7. The Bertz CT molecular complexity index is 1130. The second-order valence-corrected chi connectivity index (χ2v) is 7.76. The molecule has 1 amide bonds. The molecule has 1 unspecified atom stereocenters. The first-order valence-electron chi connectivity index (χ1n) is 9.35. The number of hydrogen-bond acceptors (Lipinski definition) is 3. The highest BCUT2D eigenvalue weighted by Crippen LogP contribution is 2.25. The number of hydrogen-bond donors (Lipinski definition) is 1. The second-order valence-electron chi connectivity index (χ2n) is 7.35. The van der Waals surface area contributed by atoms with Gasteiger partial charge in [0, 0.05) is 28.3 Å². The van der Waals surface area contributed by atoms with Crippen molar-refractivity contribution in [2.45, 2.75) is 32.9 Å². The quantitative estimate of drug-likeness (QED) is 0.531. The van der Waals surface area contributed by atoms with Crippen LogP contribution in [0, 0.1) is 5.92 Å². The van der Waals surface area contributed by atoms with Crippen molar-refractivity contribution in [3.63, 3.8) is 0 Å². The van der Waals surface area contributed by atoms with Crippen molar-refractivity contribution in [2.24, 2.45) is 5.92 Å². The Morgan fingerprint density at radius 3 is 2.79 bits per heavy atom. The zero-order valence-electron chi connectivity index (χ0n) is 15.8. The number of amides is 1. The maximum absolute atomic E-state index is 12.8. The topological polar surface area (TPSA) is 64.2 Å². The maximum atomic E-state index is 12.8. The number of fused-ring (bicyclic) bond motifs is 2. The van der Waals surface area contributed by atoms with Crippen LogP contribution in [0.2, 0.25) is 5.02 Å². The molecule has 0 saturated carbocycles. The molecule has 3 aromatic heterocycles. The molecular weight excluding hydrogens is 374 g/mol. The van der Waals surface area contributed by atoms with E-state index in [1.165, 1.54) is 0 Å². The van der Waals surface area contributed by atoms with Crippen molar-refractivity contribution in [1.29, 1.82) is 0 Å². The summed E-state index contributed by atoms with van der Waals surface area (Å²) >= 11 is 6.24. The van der Waals surface area contributed by atoms with Crippen LogP contribution in [-0.2, 0) is 11.3 Å². The lowest BCUT2D eigenvalue weighted by atomic mass is 10.0. The van der Waals surface area contributed by atoms with E-state index in [0.29, 0.717) is 10.9 Å². The number of carbonyl (C=O) groups excluding carboxylic acids is 1. The van der Waals surface area contributed by atoms with E-state index in [0.717, 1.165) is 28.8 Å². The summed E-state index contributed by atoms with van der Waals surface area (Å²) in [6.07, 6.45) is 4.59. The minimum Gasteiger partial charge on any atom is -0.344 e. The van der Waals surface area contributed by atoms with Crippen LogP contribution in [0.4, 0.5) is 0 Å². The first kappa shape index (κ1) is 18.5. The lowest BCUT2D eigenvalue weighted by Crippen LogP contribution is -2.33. The summed E-state index contributed by atoms with van der Waals surface area (Å²) in [7, 11) is 0. The van der Waals surface area contributed by atoms with Crippen molar-refractivity contribution in [3.05, 3.63) is 65.7 Å². The molecule has 28 heavy (non-hydrogen) atoms. The van der Waals surface area contributed by atoms with Crippen molar-refractivity contribution in [2.75, 3.05) is 0 Å². The molecule has 1 aromatic carbocycles. The molecule has 0 saturated heterocycles. The van der Waals surface area contributed by atoms with Crippen LogP contribution in [-0.4, -0.2) is 25.1 Å². The molecule has 7 heteroatoms. The number of rotatable bonds is 6. The monoisotopic (exact) mass is 395 g/mol. The van der Waals surface area contributed by atoms with E-state index in [2.05, 4.69) is 29.4 Å². The molecule has 3 heterocycles. The first-order chi connectivity index (χ1) is 13.5. The highest BCUT2D eigenvalue weighted by molar-refractivity contribution is 6.35. The van der Waals surface area contributed by atoms with Crippen molar-refractivity contribution >= 4 is 34.1 Å². The Morgan fingerprint density at radius 2 is 1.96 bits per heavy atom. The summed E-state index contributed by atoms with van der Waals surface area (Å²) in [5.41, 5.74) is 1.71. The van der Waals surface area contributed by atoms with Crippen LogP contribution < -0.4 is 5.32 Å². The predicted molar refractivity (Wildman–Crippen MR) is 110 cm³/mol. The van der Waals surface area contributed by atoms with Gasteiger partial charge in [0.2, 0.25) is 5.91 Å². The Morgan fingerprint density at radius 1 is 1.11 bits per heavy atom. The van der Waals surface area contributed by atoms with E-state index in [1.54, 1.807) is 0 Å². The van der Waals surface area contributed by atoms with Gasteiger partial charge >= 0.3 is 0 Å². The molecule has 0 fully saturated rings. The standard InChI is InChI=1S/C21H22ClN5O/c1-14(2)12-17(21-25-24-19-8-3-4-10-27(19)21)23-20(28)13-26-11-9-15-16(22)6-5-7-18(15)26/h3-11,14,17H,12-13H2,1-2H3,(H,23,28). The van der Waals surface area contributed by atoms with Gasteiger partial charge in [-0.1, -0.05) is 37.6 Å². The molecule has 6 nitrogen and oxygen atoms in total. The Labute approximate surface area is 168 Å². The third-order valence-electron chi connectivity index (χ3n) is 4.77. The number of halogens is 1. The van der Waals surface area contributed by atoms with Gasteiger partial charge in [0.05, 0.1) is 6.04 Å². The lowest BCUT2D eigenvalue weighted by Gasteiger charge is -2.19. The molecule has 0 aliphatic rings. The predicted octanol–water partition coefficient (Wildman–Crippen LogP) is 4.24. The SMILES string of the molecule is CC(C)CC(NC(=O)Cn1ccc2c(Cl)cccc21)c1nnc2ccccn12. The zero-order valence-corrected chi connectivity index (χ0v) is 16.6.